The molecular formula is C13H23N3O2S2. The number of benzene rings is 1. The van der Waals surface area contributed by atoms with Gasteiger partial charge in [0.2, 0.25) is 10.0 Å². The first-order chi connectivity index (χ1) is 9.32. The molecule has 0 spiro atoms. The molecular weight excluding hydrogens is 294 g/mol. The molecule has 3 N–H and O–H groups in total. The van der Waals surface area contributed by atoms with E-state index in [2.05, 4.69) is 18.5 Å². The third-order valence-corrected chi connectivity index (χ3v) is 5.57. The Kier molecular flexibility index (Phi) is 6.16. The maximum Gasteiger partial charge on any atom is 0.242 e. The van der Waals surface area contributed by atoms with Crippen molar-refractivity contribution in [3.63, 3.8) is 0 Å². The van der Waals surface area contributed by atoms with E-state index in [1.165, 1.54) is 24.5 Å². The lowest BCUT2D eigenvalue weighted by Gasteiger charge is -2.19. The summed E-state index contributed by atoms with van der Waals surface area (Å²) in [6.07, 6.45) is 3.04. The second-order valence-corrected chi connectivity index (χ2v) is 7.80. The summed E-state index contributed by atoms with van der Waals surface area (Å²) in [5, 5.41) is 3.35. The van der Waals surface area contributed by atoms with Gasteiger partial charge >= 0.3 is 0 Å². The molecule has 0 aliphatic rings. The van der Waals surface area contributed by atoms with Crippen LogP contribution in [0, 0.1) is 0 Å². The molecule has 0 amide bonds. The number of hydrogen-bond acceptors (Lipinski definition) is 5. The number of nitrogens with zero attached hydrogens (tertiary/aromatic N) is 1. The molecule has 1 aromatic carbocycles. The number of nitrogens with one attached hydrogen (secondary N) is 1. The zero-order valence-corrected chi connectivity index (χ0v) is 14.0. The van der Waals surface area contributed by atoms with Gasteiger partial charge in [-0.05, 0) is 30.9 Å². The third-order valence-electron chi connectivity index (χ3n) is 3.02. The summed E-state index contributed by atoms with van der Waals surface area (Å²) in [4.78, 5) is 0.212. The number of sulfonamides is 1. The Bertz CT molecular complexity index is 545. The summed E-state index contributed by atoms with van der Waals surface area (Å²) in [5.74, 6) is 0.980. The maximum absolute atomic E-state index is 12.0. The fourth-order valence-corrected chi connectivity index (χ4v) is 3.39. The largest absolute Gasteiger partial charge is 0.397 e. The van der Waals surface area contributed by atoms with Crippen molar-refractivity contribution in [2.45, 2.75) is 24.3 Å². The standard InChI is InChI=1S/C13H23N3O2S2/c1-5-10(9-19-4)15-13-7-6-11(8-12(13)14)20(17,18)16(2)3/h6-8,10,15H,5,9,14H2,1-4H3. The second-order valence-electron chi connectivity index (χ2n) is 4.74. The molecule has 0 aliphatic carbocycles. The highest BCUT2D eigenvalue weighted by atomic mass is 32.2. The Morgan fingerprint density at radius 2 is 2.05 bits per heavy atom. The molecule has 0 saturated heterocycles. The zero-order chi connectivity index (χ0) is 15.3. The lowest BCUT2D eigenvalue weighted by Crippen LogP contribution is -2.23. The van der Waals surface area contributed by atoms with Gasteiger partial charge in [0.05, 0.1) is 16.3 Å². The highest BCUT2D eigenvalue weighted by molar-refractivity contribution is 7.98. The van der Waals surface area contributed by atoms with Crippen LogP contribution in [0.1, 0.15) is 13.3 Å². The average molecular weight is 317 g/mol. The number of anilines is 2. The van der Waals surface area contributed by atoms with Crippen molar-refractivity contribution in [3.05, 3.63) is 18.2 Å². The van der Waals surface area contributed by atoms with Gasteiger partial charge in [0.25, 0.3) is 0 Å². The molecule has 1 unspecified atom stereocenters. The number of rotatable bonds is 7. The Hall–Kier alpha value is -0.920. The summed E-state index contributed by atoms with van der Waals surface area (Å²) in [5.41, 5.74) is 7.20. The van der Waals surface area contributed by atoms with Crippen molar-refractivity contribution in [1.29, 1.82) is 0 Å². The molecule has 0 aromatic heterocycles. The van der Waals surface area contributed by atoms with E-state index in [9.17, 15) is 8.42 Å². The van der Waals surface area contributed by atoms with Gasteiger partial charge in [-0.3, -0.25) is 0 Å². The van der Waals surface area contributed by atoms with Crippen LogP contribution in [-0.4, -0.2) is 44.9 Å². The molecule has 5 nitrogen and oxygen atoms in total. The van der Waals surface area contributed by atoms with Crippen molar-refractivity contribution in [3.8, 4) is 0 Å². The molecule has 0 fully saturated rings. The lowest BCUT2D eigenvalue weighted by atomic mass is 10.2. The van der Waals surface area contributed by atoms with Crippen LogP contribution in [0.15, 0.2) is 23.1 Å². The fraction of sp³-hybridized carbons (Fsp3) is 0.538. The summed E-state index contributed by atoms with van der Waals surface area (Å²) in [7, 11) is -0.432. The Labute approximate surface area is 126 Å². The van der Waals surface area contributed by atoms with Gasteiger partial charge in [-0.25, -0.2) is 12.7 Å². The molecule has 0 saturated carbocycles. The van der Waals surface area contributed by atoms with Gasteiger partial charge in [-0.2, -0.15) is 11.8 Å². The van der Waals surface area contributed by atoms with Crippen molar-refractivity contribution in [2.75, 3.05) is 37.2 Å². The van der Waals surface area contributed by atoms with E-state index in [0.29, 0.717) is 11.7 Å². The predicted molar refractivity (Wildman–Crippen MR) is 87.8 cm³/mol. The quantitative estimate of drug-likeness (QED) is 0.753. The molecule has 1 aromatic rings. The minimum absolute atomic E-state index is 0.212. The van der Waals surface area contributed by atoms with Gasteiger partial charge < -0.3 is 11.1 Å². The van der Waals surface area contributed by atoms with Crippen molar-refractivity contribution >= 4 is 33.2 Å². The van der Waals surface area contributed by atoms with Crippen molar-refractivity contribution in [2.24, 2.45) is 0 Å². The first-order valence-electron chi connectivity index (χ1n) is 6.40. The molecule has 114 valence electrons. The minimum Gasteiger partial charge on any atom is -0.397 e. The molecule has 0 radical (unpaired) electrons. The molecule has 7 heteroatoms. The zero-order valence-electron chi connectivity index (χ0n) is 12.4. The number of thioether (sulfide) groups is 1. The van der Waals surface area contributed by atoms with E-state index >= 15 is 0 Å². The first kappa shape index (κ1) is 17.1. The monoisotopic (exact) mass is 317 g/mol. The van der Waals surface area contributed by atoms with Crippen LogP contribution in [0.25, 0.3) is 0 Å². The molecule has 0 bridgehead atoms. The molecule has 1 rings (SSSR count). The van der Waals surface area contributed by atoms with Crippen LogP contribution >= 0.6 is 11.8 Å². The van der Waals surface area contributed by atoms with Crippen molar-refractivity contribution < 1.29 is 8.42 Å². The van der Waals surface area contributed by atoms with E-state index in [4.69, 9.17) is 5.73 Å². The Balaban J connectivity index is 3.00. The summed E-state index contributed by atoms with van der Waals surface area (Å²) >= 11 is 1.76. The first-order valence-corrected chi connectivity index (χ1v) is 9.23. The van der Waals surface area contributed by atoms with Gasteiger partial charge in [0, 0.05) is 25.9 Å². The van der Waals surface area contributed by atoms with E-state index in [-0.39, 0.29) is 4.90 Å². The summed E-state index contributed by atoms with van der Waals surface area (Å²) in [6, 6.07) is 5.14. The van der Waals surface area contributed by atoms with Crippen LogP contribution < -0.4 is 11.1 Å². The molecule has 20 heavy (non-hydrogen) atoms. The topological polar surface area (TPSA) is 75.4 Å². The van der Waals surface area contributed by atoms with Crippen LogP contribution in [0.4, 0.5) is 11.4 Å². The summed E-state index contributed by atoms with van der Waals surface area (Å²) < 4.78 is 25.2. The molecule has 0 aliphatic heterocycles. The van der Waals surface area contributed by atoms with E-state index < -0.39 is 10.0 Å². The van der Waals surface area contributed by atoms with Crippen LogP contribution in [0.2, 0.25) is 0 Å². The fourth-order valence-electron chi connectivity index (χ4n) is 1.73. The lowest BCUT2D eigenvalue weighted by molar-refractivity contribution is 0.521. The van der Waals surface area contributed by atoms with Crippen LogP contribution in [-0.2, 0) is 10.0 Å². The van der Waals surface area contributed by atoms with E-state index in [0.717, 1.165) is 17.9 Å². The molecule has 0 heterocycles. The Morgan fingerprint density at radius 1 is 1.40 bits per heavy atom. The number of nitrogen functional groups attached to an aromatic ring is 1. The maximum atomic E-state index is 12.0. The highest BCUT2D eigenvalue weighted by Gasteiger charge is 2.18. The van der Waals surface area contributed by atoms with Gasteiger partial charge in [-0.1, -0.05) is 6.92 Å². The predicted octanol–water partition coefficient (Wildman–Crippen LogP) is 2.07. The number of nitrogens with two attached hydrogens (primary N) is 1. The minimum atomic E-state index is -3.44. The Morgan fingerprint density at radius 3 is 2.50 bits per heavy atom. The van der Waals surface area contributed by atoms with Gasteiger partial charge in [0.1, 0.15) is 0 Å². The average Bonchev–Trinajstić information content (AvgIpc) is 2.39. The van der Waals surface area contributed by atoms with Crippen molar-refractivity contribution in [1.82, 2.24) is 4.31 Å². The number of hydrogen-bond donors (Lipinski definition) is 2. The van der Waals surface area contributed by atoms with E-state index in [1.807, 2.05) is 0 Å². The van der Waals surface area contributed by atoms with Gasteiger partial charge in [0.15, 0.2) is 0 Å². The molecule has 1 atom stereocenters. The van der Waals surface area contributed by atoms with Gasteiger partial charge in [-0.15, -0.1) is 0 Å². The van der Waals surface area contributed by atoms with E-state index in [1.54, 1.807) is 23.9 Å². The van der Waals surface area contributed by atoms with Crippen LogP contribution in [0.5, 0.6) is 0 Å². The highest BCUT2D eigenvalue weighted by Crippen LogP contribution is 2.25. The van der Waals surface area contributed by atoms with Crippen LogP contribution in [0.3, 0.4) is 0 Å². The second kappa shape index (κ2) is 7.19. The third kappa shape index (κ3) is 4.04. The SMILES string of the molecule is CCC(CSC)Nc1ccc(S(=O)(=O)N(C)C)cc1N. The summed E-state index contributed by atoms with van der Waals surface area (Å²) in [6.45, 7) is 2.11. The smallest absolute Gasteiger partial charge is 0.242 e. The normalized spacial score (nSPS) is 13.4.